The average molecular weight is 302 g/mol. The number of benzene rings is 1. The monoisotopic (exact) mass is 302 g/mol. The van der Waals surface area contributed by atoms with Crippen molar-refractivity contribution in [1.29, 1.82) is 0 Å². The Labute approximate surface area is 130 Å². The van der Waals surface area contributed by atoms with E-state index >= 15 is 0 Å². The highest BCUT2D eigenvalue weighted by Crippen LogP contribution is 2.33. The van der Waals surface area contributed by atoms with Crippen molar-refractivity contribution >= 4 is 11.8 Å². The molecule has 2 fully saturated rings. The molecule has 2 saturated heterocycles. The van der Waals surface area contributed by atoms with E-state index in [2.05, 4.69) is 5.32 Å². The fourth-order valence-electron chi connectivity index (χ4n) is 3.41. The lowest BCUT2D eigenvalue weighted by atomic mass is 10.0. The second kappa shape index (κ2) is 6.48. The number of β-amino-alcohol motifs (C(OH)–C–C–N with tert-alkyl or cyclic N) is 1. The Hall–Kier alpha value is -1.88. The van der Waals surface area contributed by atoms with Crippen LogP contribution in [0.5, 0.6) is 0 Å². The summed E-state index contributed by atoms with van der Waals surface area (Å²) in [5.74, 6) is -0.118. The molecule has 2 aliphatic heterocycles. The number of likely N-dealkylation sites (tertiary alicyclic amines) is 1. The highest BCUT2D eigenvalue weighted by Gasteiger charge is 2.38. The third-order valence-corrected chi connectivity index (χ3v) is 4.53. The molecule has 2 heterocycles. The molecule has 118 valence electrons. The van der Waals surface area contributed by atoms with Crippen LogP contribution in [-0.4, -0.2) is 40.5 Å². The van der Waals surface area contributed by atoms with Crippen LogP contribution in [0.1, 0.15) is 43.7 Å². The van der Waals surface area contributed by atoms with Crippen molar-refractivity contribution in [3.63, 3.8) is 0 Å². The van der Waals surface area contributed by atoms with E-state index < -0.39 is 12.1 Å². The van der Waals surface area contributed by atoms with Crippen LogP contribution in [0.25, 0.3) is 0 Å². The molecule has 3 atom stereocenters. The smallest absolute Gasteiger partial charge is 0.245 e. The minimum absolute atomic E-state index is 0.0492. The van der Waals surface area contributed by atoms with Crippen LogP contribution in [0.15, 0.2) is 30.3 Å². The van der Waals surface area contributed by atoms with Crippen LogP contribution in [0.4, 0.5) is 0 Å². The number of hydrogen-bond acceptors (Lipinski definition) is 3. The molecule has 2 amide bonds. The molecule has 0 spiro atoms. The number of carbonyl (C=O) groups is 2. The summed E-state index contributed by atoms with van der Waals surface area (Å²) in [4.78, 5) is 26.3. The van der Waals surface area contributed by atoms with Gasteiger partial charge in [-0.05, 0) is 24.8 Å². The number of hydrogen-bond donors (Lipinski definition) is 2. The first kappa shape index (κ1) is 15.0. The van der Waals surface area contributed by atoms with E-state index in [-0.39, 0.29) is 17.9 Å². The van der Waals surface area contributed by atoms with Gasteiger partial charge in [-0.3, -0.25) is 9.59 Å². The van der Waals surface area contributed by atoms with Crippen molar-refractivity contribution in [3.8, 4) is 0 Å². The molecule has 3 unspecified atom stereocenters. The van der Waals surface area contributed by atoms with Gasteiger partial charge in [-0.25, -0.2) is 0 Å². The molecule has 5 nitrogen and oxygen atoms in total. The lowest BCUT2D eigenvalue weighted by Gasteiger charge is -2.28. The average Bonchev–Trinajstić information content (AvgIpc) is 2.78. The normalized spacial score (nSPS) is 29.0. The molecule has 1 aromatic carbocycles. The van der Waals surface area contributed by atoms with E-state index in [0.29, 0.717) is 25.8 Å². The second-order valence-corrected chi connectivity index (χ2v) is 6.17. The van der Waals surface area contributed by atoms with Gasteiger partial charge in [0.05, 0.1) is 12.1 Å². The Morgan fingerprint density at radius 3 is 2.77 bits per heavy atom. The highest BCUT2D eigenvalue weighted by molar-refractivity contribution is 5.88. The molecule has 5 heteroatoms. The predicted molar refractivity (Wildman–Crippen MR) is 81.9 cm³/mol. The van der Waals surface area contributed by atoms with Gasteiger partial charge in [-0.2, -0.15) is 0 Å². The topological polar surface area (TPSA) is 69.6 Å². The number of amides is 2. The maximum Gasteiger partial charge on any atom is 0.245 e. The summed E-state index contributed by atoms with van der Waals surface area (Å²) in [5, 5.41) is 12.8. The largest absolute Gasteiger partial charge is 0.391 e. The van der Waals surface area contributed by atoms with Gasteiger partial charge in [-0.15, -0.1) is 0 Å². The van der Waals surface area contributed by atoms with Crippen molar-refractivity contribution in [2.24, 2.45) is 0 Å². The fourth-order valence-corrected chi connectivity index (χ4v) is 3.41. The first-order valence-corrected chi connectivity index (χ1v) is 7.98. The van der Waals surface area contributed by atoms with Crippen LogP contribution in [0.3, 0.4) is 0 Å². The zero-order valence-corrected chi connectivity index (χ0v) is 12.6. The van der Waals surface area contributed by atoms with Gasteiger partial charge in [0.1, 0.15) is 6.04 Å². The summed E-state index contributed by atoms with van der Waals surface area (Å²) >= 11 is 0. The molecule has 1 aromatic rings. The first-order chi connectivity index (χ1) is 10.6. The summed E-state index contributed by atoms with van der Waals surface area (Å²) in [6.45, 7) is 0.338. The Bertz CT molecular complexity index is 546. The van der Waals surface area contributed by atoms with Crippen LogP contribution in [0, 0.1) is 0 Å². The molecular formula is C17H22N2O3. The highest BCUT2D eigenvalue weighted by atomic mass is 16.3. The van der Waals surface area contributed by atoms with Crippen LogP contribution in [-0.2, 0) is 9.59 Å². The Morgan fingerprint density at radius 2 is 2.00 bits per heavy atom. The van der Waals surface area contributed by atoms with E-state index in [4.69, 9.17) is 0 Å². The summed E-state index contributed by atoms with van der Waals surface area (Å²) in [6.07, 6.45) is 2.93. The SMILES string of the molecule is O=C1CCCCC(C(=O)N2CC(O)CC2c2ccccc2)N1. The summed E-state index contributed by atoms with van der Waals surface area (Å²) in [6, 6.07) is 9.22. The van der Waals surface area contributed by atoms with E-state index in [1.54, 1.807) is 4.90 Å². The Balaban J connectivity index is 1.79. The molecule has 2 aliphatic rings. The van der Waals surface area contributed by atoms with Crippen molar-refractivity contribution in [3.05, 3.63) is 35.9 Å². The molecular weight excluding hydrogens is 280 g/mol. The number of nitrogens with one attached hydrogen (secondary N) is 1. The van der Waals surface area contributed by atoms with E-state index in [9.17, 15) is 14.7 Å². The lowest BCUT2D eigenvalue weighted by Crippen LogP contribution is -2.47. The quantitative estimate of drug-likeness (QED) is 0.867. The fraction of sp³-hybridized carbons (Fsp3) is 0.529. The number of aliphatic hydroxyl groups is 1. The number of nitrogens with zero attached hydrogens (tertiary/aromatic N) is 1. The molecule has 3 rings (SSSR count). The van der Waals surface area contributed by atoms with Gasteiger partial charge in [0, 0.05) is 13.0 Å². The maximum atomic E-state index is 12.8. The number of carbonyl (C=O) groups excluding carboxylic acids is 2. The van der Waals surface area contributed by atoms with Crippen molar-refractivity contribution in [2.45, 2.75) is 50.3 Å². The maximum absolute atomic E-state index is 12.8. The third-order valence-electron chi connectivity index (χ3n) is 4.53. The van der Waals surface area contributed by atoms with E-state index in [1.165, 1.54) is 0 Å². The molecule has 0 bridgehead atoms. The minimum Gasteiger partial charge on any atom is -0.391 e. The van der Waals surface area contributed by atoms with Crippen LogP contribution < -0.4 is 5.32 Å². The molecule has 0 radical (unpaired) electrons. The number of aliphatic hydroxyl groups excluding tert-OH is 1. The van der Waals surface area contributed by atoms with Gasteiger partial charge < -0.3 is 15.3 Å². The molecule has 2 N–H and O–H groups in total. The zero-order valence-electron chi connectivity index (χ0n) is 12.6. The van der Waals surface area contributed by atoms with E-state index in [0.717, 1.165) is 18.4 Å². The van der Waals surface area contributed by atoms with Gasteiger partial charge >= 0.3 is 0 Å². The van der Waals surface area contributed by atoms with Gasteiger partial charge in [0.2, 0.25) is 11.8 Å². The van der Waals surface area contributed by atoms with Crippen molar-refractivity contribution in [2.75, 3.05) is 6.54 Å². The summed E-state index contributed by atoms with van der Waals surface area (Å²) in [5.41, 5.74) is 1.03. The molecule has 0 aliphatic carbocycles. The van der Waals surface area contributed by atoms with Crippen molar-refractivity contribution in [1.82, 2.24) is 10.2 Å². The van der Waals surface area contributed by atoms with Crippen molar-refractivity contribution < 1.29 is 14.7 Å². The summed E-state index contributed by atoms with van der Waals surface area (Å²) < 4.78 is 0. The van der Waals surface area contributed by atoms with Crippen LogP contribution in [0.2, 0.25) is 0 Å². The summed E-state index contributed by atoms with van der Waals surface area (Å²) in [7, 11) is 0. The molecule has 0 saturated carbocycles. The molecule has 22 heavy (non-hydrogen) atoms. The van der Waals surface area contributed by atoms with Gasteiger partial charge in [0.15, 0.2) is 0 Å². The number of rotatable bonds is 2. The standard InChI is InChI=1S/C17H22N2O3/c20-13-10-15(12-6-2-1-3-7-12)19(11-13)17(22)14-8-4-5-9-16(21)18-14/h1-3,6-7,13-15,20H,4-5,8-11H2,(H,18,21). The first-order valence-electron chi connectivity index (χ1n) is 7.98. The second-order valence-electron chi connectivity index (χ2n) is 6.17. The van der Waals surface area contributed by atoms with Gasteiger partial charge in [0.25, 0.3) is 0 Å². The Morgan fingerprint density at radius 1 is 1.23 bits per heavy atom. The Kier molecular flexibility index (Phi) is 4.43. The van der Waals surface area contributed by atoms with E-state index in [1.807, 2.05) is 30.3 Å². The van der Waals surface area contributed by atoms with Gasteiger partial charge in [-0.1, -0.05) is 36.8 Å². The van der Waals surface area contributed by atoms with Crippen LogP contribution >= 0.6 is 0 Å². The molecule has 0 aromatic heterocycles. The zero-order chi connectivity index (χ0) is 15.5. The predicted octanol–water partition coefficient (Wildman–Crippen LogP) is 1.38. The lowest BCUT2D eigenvalue weighted by molar-refractivity contribution is -0.137. The minimum atomic E-state index is -0.504. The third kappa shape index (κ3) is 3.14.